The number of halogens is 3. The van der Waals surface area contributed by atoms with Crippen molar-refractivity contribution in [1.29, 1.82) is 0 Å². The average Bonchev–Trinajstić information content (AvgIpc) is 2.98. The lowest BCUT2D eigenvalue weighted by molar-refractivity contribution is -0.206. The molecule has 0 bridgehead atoms. The number of alkyl halides is 3. The van der Waals surface area contributed by atoms with Crippen molar-refractivity contribution in [2.45, 2.75) is 38.7 Å². The number of rotatable bonds is 5. The number of aryl methyl sites for hydroxylation is 1. The molecule has 2 aromatic rings. The minimum atomic E-state index is -4.64. The highest BCUT2D eigenvalue weighted by Crippen LogP contribution is 2.32. The van der Waals surface area contributed by atoms with E-state index in [0.29, 0.717) is 6.54 Å². The summed E-state index contributed by atoms with van der Waals surface area (Å²) in [7, 11) is 0. The first-order valence-electron chi connectivity index (χ1n) is 6.31. The van der Waals surface area contributed by atoms with E-state index in [1.54, 1.807) is 17.1 Å². The third-order valence-electron chi connectivity index (χ3n) is 3.01. The molecule has 2 aromatic heterocycles. The molecule has 0 fully saturated rings. The van der Waals surface area contributed by atoms with E-state index in [1.807, 2.05) is 11.5 Å². The third-order valence-corrected chi connectivity index (χ3v) is 3.01. The van der Waals surface area contributed by atoms with Crippen molar-refractivity contribution in [3.63, 3.8) is 0 Å². The average molecular weight is 287 g/mol. The van der Waals surface area contributed by atoms with Crippen LogP contribution in [-0.2, 0) is 13.1 Å². The summed E-state index contributed by atoms with van der Waals surface area (Å²) in [5.41, 5.74) is 0.759. The molecule has 4 nitrogen and oxygen atoms in total. The molecule has 0 aliphatic heterocycles. The van der Waals surface area contributed by atoms with Gasteiger partial charge in [-0.1, -0.05) is 6.92 Å². The van der Waals surface area contributed by atoms with Crippen molar-refractivity contribution in [2.24, 2.45) is 0 Å². The summed E-state index contributed by atoms with van der Waals surface area (Å²) >= 11 is 0. The van der Waals surface area contributed by atoms with Crippen molar-refractivity contribution in [2.75, 3.05) is 0 Å². The van der Waals surface area contributed by atoms with Crippen LogP contribution in [0.25, 0.3) is 0 Å². The molecule has 0 aromatic carbocycles. The molecule has 20 heavy (non-hydrogen) atoms. The summed E-state index contributed by atoms with van der Waals surface area (Å²) in [5, 5.41) is 9.18. The number of imidazole rings is 1. The standard InChI is InChI=1S/C13H16F3N3O/c1-2-4-19-9-17-6-11(19)8-18-5-3-10(7-18)12(20)13(14,15)16/h3,5-7,9,12,20H,2,4,8H2,1H3. The van der Waals surface area contributed by atoms with Gasteiger partial charge < -0.3 is 14.2 Å². The Labute approximate surface area is 114 Å². The maximum atomic E-state index is 12.4. The normalized spacial score (nSPS) is 13.7. The Morgan fingerprint density at radius 1 is 1.40 bits per heavy atom. The molecule has 1 unspecified atom stereocenters. The molecule has 7 heteroatoms. The van der Waals surface area contributed by atoms with E-state index in [9.17, 15) is 18.3 Å². The number of hydrogen-bond acceptors (Lipinski definition) is 2. The van der Waals surface area contributed by atoms with Crippen LogP contribution in [0.15, 0.2) is 31.0 Å². The number of aliphatic hydroxyl groups excluding tert-OH is 1. The van der Waals surface area contributed by atoms with Gasteiger partial charge in [-0.25, -0.2) is 4.98 Å². The minimum absolute atomic E-state index is 0.154. The van der Waals surface area contributed by atoms with Gasteiger partial charge in [-0.3, -0.25) is 0 Å². The van der Waals surface area contributed by atoms with Gasteiger partial charge in [0.25, 0.3) is 0 Å². The van der Waals surface area contributed by atoms with Gasteiger partial charge in [-0.2, -0.15) is 13.2 Å². The Morgan fingerprint density at radius 2 is 2.15 bits per heavy atom. The van der Waals surface area contributed by atoms with Crippen LogP contribution >= 0.6 is 0 Å². The van der Waals surface area contributed by atoms with Crippen molar-refractivity contribution in [1.82, 2.24) is 14.1 Å². The van der Waals surface area contributed by atoms with Crippen molar-refractivity contribution in [3.05, 3.63) is 42.2 Å². The predicted molar refractivity (Wildman–Crippen MR) is 67.1 cm³/mol. The highest BCUT2D eigenvalue weighted by atomic mass is 19.4. The molecule has 0 aliphatic rings. The van der Waals surface area contributed by atoms with Crippen LogP contribution in [0.2, 0.25) is 0 Å². The van der Waals surface area contributed by atoms with Gasteiger partial charge in [0.15, 0.2) is 6.10 Å². The highest BCUT2D eigenvalue weighted by Gasteiger charge is 2.39. The van der Waals surface area contributed by atoms with Crippen LogP contribution in [0.5, 0.6) is 0 Å². The molecular weight excluding hydrogens is 271 g/mol. The quantitative estimate of drug-likeness (QED) is 0.919. The number of nitrogens with zero attached hydrogens (tertiary/aromatic N) is 3. The monoisotopic (exact) mass is 287 g/mol. The lowest BCUT2D eigenvalue weighted by atomic mass is 10.2. The first kappa shape index (κ1) is 14.6. The van der Waals surface area contributed by atoms with Crippen molar-refractivity contribution >= 4 is 0 Å². The topological polar surface area (TPSA) is 43.0 Å². The second kappa shape index (κ2) is 5.70. The van der Waals surface area contributed by atoms with E-state index >= 15 is 0 Å². The second-order valence-electron chi connectivity index (χ2n) is 4.64. The van der Waals surface area contributed by atoms with E-state index in [-0.39, 0.29) is 5.56 Å². The maximum Gasteiger partial charge on any atom is 0.418 e. The Kier molecular flexibility index (Phi) is 4.17. The molecule has 0 saturated heterocycles. The fourth-order valence-corrected chi connectivity index (χ4v) is 2.02. The van der Waals surface area contributed by atoms with Crippen molar-refractivity contribution < 1.29 is 18.3 Å². The van der Waals surface area contributed by atoms with Gasteiger partial charge in [0.05, 0.1) is 18.6 Å². The van der Waals surface area contributed by atoms with Gasteiger partial charge >= 0.3 is 6.18 Å². The molecule has 0 aliphatic carbocycles. The molecule has 2 heterocycles. The van der Waals surface area contributed by atoms with Gasteiger partial charge in [0, 0.05) is 30.7 Å². The van der Waals surface area contributed by atoms with Crippen LogP contribution in [0, 0.1) is 0 Å². The Bertz CT molecular complexity index is 559. The Morgan fingerprint density at radius 3 is 2.80 bits per heavy atom. The Balaban J connectivity index is 2.12. The van der Waals surface area contributed by atoms with Crippen molar-refractivity contribution in [3.8, 4) is 0 Å². The predicted octanol–water partition coefficient (Wildman–Crippen LogP) is 2.74. The zero-order chi connectivity index (χ0) is 14.8. The number of aromatic nitrogens is 3. The molecule has 0 saturated carbocycles. The van der Waals surface area contributed by atoms with E-state index in [0.717, 1.165) is 18.7 Å². The van der Waals surface area contributed by atoms with Gasteiger partial charge in [0.1, 0.15) is 0 Å². The highest BCUT2D eigenvalue weighted by molar-refractivity contribution is 5.16. The van der Waals surface area contributed by atoms with E-state index in [1.165, 1.54) is 18.5 Å². The molecule has 1 N–H and O–H groups in total. The smallest absolute Gasteiger partial charge is 0.379 e. The Hall–Kier alpha value is -1.76. The fourth-order valence-electron chi connectivity index (χ4n) is 2.02. The number of hydrogen-bond donors (Lipinski definition) is 1. The summed E-state index contributed by atoms with van der Waals surface area (Å²) in [6.45, 7) is 3.27. The maximum absolute atomic E-state index is 12.4. The first-order valence-corrected chi connectivity index (χ1v) is 6.31. The van der Waals surface area contributed by atoms with E-state index in [2.05, 4.69) is 4.98 Å². The molecule has 110 valence electrons. The third kappa shape index (κ3) is 3.22. The largest absolute Gasteiger partial charge is 0.418 e. The molecule has 0 spiro atoms. The van der Waals surface area contributed by atoms with Crippen LogP contribution in [0.1, 0.15) is 30.7 Å². The first-order chi connectivity index (χ1) is 9.41. The lowest BCUT2D eigenvalue weighted by Gasteiger charge is -2.12. The van der Waals surface area contributed by atoms with Gasteiger partial charge in [-0.15, -0.1) is 0 Å². The summed E-state index contributed by atoms with van der Waals surface area (Å²) < 4.78 is 40.8. The summed E-state index contributed by atoms with van der Waals surface area (Å²) in [6, 6.07) is 1.28. The zero-order valence-corrected chi connectivity index (χ0v) is 11.0. The van der Waals surface area contributed by atoms with Crippen LogP contribution < -0.4 is 0 Å². The number of aliphatic hydroxyl groups is 1. The lowest BCUT2D eigenvalue weighted by Crippen LogP contribution is -2.19. The van der Waals surface area contributed by atoms with Gasteiger partial charge in [-0.05, 0) is 12.5 Å². The van der Waals surface area contributed by atoms with Crippen LogP contribution in [0.3, 0.4) is 0 Å². The zero-order valence-electron chi connectivity index (χ0n) is 11.0. The molecular formula is C13H16F3N3O. The molecule has 2 rings (SSSR count). The summed E-state index contributed by atoms with van der Waals surface area (Å²) in [4.78, 5) is 4.04. The molecule has 1 atom stereocenters. The van der Waals surface area contributed by atoms with E-state index < -0.39 is 12.3 Å². The van der Waals surface area contributed by atoms with Crippen LogP contribution in [0.4, 0.5) is 13.2 Å². The minimum Gasteiger partial charge on any atom is -0.379 e. The van der Waals surface area contributed by atoms with E-state index in [4.69, 9.17) is 0 Å². The molecule has 0 radical (unpaired) electrons. The SMILES string of the molecule is CCCn1cncc1Cn1ccc(C(O)C(F)(F)F)c1. The second-order valence-corrected chi connectivity index (χ2v) is 4.64. The summed E-state index contributed by atoms with van der Waals surface area (Å²) in [5.74, 6) is 0. The molecule has 0 amide bonds. The van der Waals surface area contributed by atoms with Crippen LogP contribution in [-0.4, -0.2) is 25.4 Å². The van der Waals surface area contributed by atoms with Gasteiger partial charge in [0.2, 0.25) is 0 Å². The fraction of sp³-hybridized carbons (Fsp3) is 0.462. The summed E-state index contributed by atoms with van der Waals surface area (Å²) in [6.07, 6.45) is 0.0889.